The van der Waals surface area contributed by atoms with Gasteiger partial charge in [-0.3, -0.25) is 0 Å². The Morgan fingerprint density at radius 3 is 2.12 bits per heavy atom. The highest BCUT2D eigenvalue weighted by molar-refractivity contribution is 7.72. The molecule has 0 saturated heterocycles. The molecule has 0 radical (unpaired) electrons. The fraction of sp³-hybridized carbons (Fsp3) is 0.478. The van der Waals surface area contributed by atoms with Crippen LogP contribution < -0.4 is 10.6 Å². The maximum atomic E-state index is 2.45. The van der Waals surface area contributed by atoms with Gasteiger partial charge < -0.3 is 0 Å². The second kappa shape index (κ2) is 9.38. The van der Waals surface area contributed by atoms with E-state index < -0.39 is 0 Å². The molecule has 2 aromatic rings. The van der Waals surface area contributed by atoms with Crippen LogP contribution in [0.5, 0.6) is 0 Å². The van der Waals surface area contributed by atoms with Crippen LogP contribution in [0.25, 0.3) is 0 Å². The number of hydrogen-bond donors (Lipinski definition) is 0. The molecule has 0 aliphatic heterocycles. The molecule has 1 heteroatoms. The summed E-state index contributed by atoms with van der Waals surface area (Å²) in [4.78, 5) is 0. The van der Waals surface area contributed by atoms with Crippen LogP contribution in [0, 0.1) is 13.8 Å². The zero-order valence-corrected chi connectivity index (χ0v) is 17.0. The summed E-state index contributed by atoms with van der Waals surface area (Å²) in [5.41, 5.74) is 6.15. The Bertz CT molecular complexity index is 657. The Morgan fingerprint density at radius 2 is 1.42 bits per heavy atom. The first-order valence-corrected chi connectivity index (χ1v) is 11.3. The van der Waals surface area contributed by atoms with Gasteiger partial charge in [0, 0.05) is 0 Å². The van der Waals surface area contributed by atoms with Crippen molar-refractivity contribution in [2.45, 2.75) is 66.2 Å². The monoisotopic (exact) mass is 340 g/mol. The molecule has 1 atom stereocenters. The zero-order chi connectivity index (χ0) is 17.5. The largest absolute Gasteiger partial charge is 0.0654 e. The van der Waals surface area contributed by atoms with Gasteiger partial charge >= 0.3 is 0 Å². The van der Waals surface area contributed by atoms with Gasteiger partial charge in [0.2, 0.25) is 0 Å². The minimum absolute atomic E-state index is 0.276. The summed E-state index contributed by atoms with van der Waals surface area (Å²) in [5, 5.41) is 3.16. The molecule has 0 N–H and O–H groups in total. The molecular formula is C23H33P. The van der Waals surface area contributed by atoms with Gasteiger partial charge in [-0.15, -0.1) is 0 Å². The van der Waals surface area contributed by atoms with Crippen LogP contribution in [0.15, 0.2) is 36.4 Å². The van der Waals surface area contributed by atoms with Gasteiger partial charge in [-0.2, -0.15) is 0 Å². The van der Waals surface area contributed by atoms with Crippen molar-refractivity contribution in [2.24, 2.45) is 0 Å². The predicted molar refractivity (Wildman–Crippen MR) is 112 cm³/mol. The Labute approximate surface area is 150 Å². The van der Waals surface area contributed by atoms with Crippen LogP contribution in [0.4, 0.5) is 0 Å². The van der Waals surface area contributed by atoms with E-state index in [1.165, 1.54) is 49.7 Å². The van der Waals surface area contributed by atoms with Crippen molar-refractivity contribution < 1.29 is 0 Å². The second-order valence-electron chi connectivity index (χ2n) is 6.90. The highest BCUT2D eigenvalue weighted by atomic mass is 31.1. The summed E-state index contributed by atoms with van der Waals surface area (Å²) in [5.74, 6) is 0. The Balaban J connectivity index is 2.45. The molecule has 0 fully saturated rings. The molecule has 0 aliphatic carbocycles. The van der Waals surface area contributed by atoms with E-state index in [1.807, 2.05) is 0 Å². The summed E-state index contributed by atoms with van der Waals surface area (Å²) >= 11 is 0. The van der Waals surface area contributed by atoms with Crippen molar-refractivity contribution in [3.05, 3.63) is 58.7 Å². The number of rotatable bonds is 8. The highest BCUT2D eigenvalue weighted by Gasteiger charge is 2.17. The fourth-order valence-electron chi connectivity index (χ4n) is 3.41. The lowest BCUT2D eigenvalue weighted by Crippen LogP contribution is -2.19. The third-order valence-electron chi connectivity index (χ3n) is 5.13. The lowest BCUT2D eigenvalue weighted by molar-refractivity contribution is 0.761. The molecule has 0 aromatic heterocycles. The number of benzene rings is 2. The van der Waals surface area contributed by atoms with Crippen LogP contribution in [-0.2, 0) is 12.8 Å². The first-order valence-electron chi connectivity index (χ1n) is 9.50. The van der Waals surface area contributed by atoms with Gasteiger partial charge in [-0.1, -0.05) is 63.1 Å². The maximum absolute atomic E-state index is 2.45. The average molecular weight is 340 g/mol. The maximum Gasteiger partial charge on any atom is -0.0163 e. The van der Waals surface area contributed by atoms with Crippen LogP contribution in [0.2, 0.25) is 0 Å². The molecule has 0 bridgehead atoms. The molecule has 0 aliphatic rings. The lowest BCUT2D eigenvalue weighted by atomic mass is 9.98. The van der Waals surface area contributed by atoms with Crippen molar-refractivity contribution in [3.8, 4) is 0 Å². The van der Waals surface area contributed by atoms with E-state index in [2.05, 4.69) is 70.8 Å². The van der Waals surface area contributed by atoms with Crippen molar-refractivity contribution in [2.75, 3.05) is 6.66 Å². The van der Waals surface area contributed by atoms with E-state index in [-0.39, 0.29) is 7.92 Å². The van der Waals surface area contributed by atoms with E-state index >= 15 is 0 Å². The predicted octanol–water partition coefficient (Wildman–Crippen LogP) is 6.05. The van der Waals surface area contributed by atoms with E-state index in [0.717, 1.165) is 0 Å². The molecule has 0 spiro atoms. The third kappa shape index (κ3) is 4.48. The molecule has 130 valence electrons. The Kier molecular flexibility index (Phi) is 7.50. The quantitative estimate of drug-likeness (QED) is 0.513. The van der Waals surface area contributed by atoms with Crippen molar-refractivity contribution >= 4 is 18.5 Å². The van der Waals surface area contributed by atoms with Crippen LogP contribution >= 0.6 is 7.92 Å². The van der Waals surface area contributed by atoms with Crippen molar-refractivity contribution in [1.29, 1.82) is 0 Å². The fourth-order valence-corrected chi connectivity index (χ4v) is 5.63. The summed E-state index contributed by atoms with van der Waals surface area (Å²) < 4.78 is 0. The van der Waals surface area contributed by atoms with Crippen LogP contribution in [0.1, 0.15) is 61.8 Å². The minimum Gasteiger partial charge on any atom is -0.0654 e. The average Bonchev–Trinajstić information content (AvgIpc) is 2.60. The molecule has 24 heavy (non-hydrogen) atoms. The van der Waals surface area contributed by atoms with Crippen molar-refractivity contribution in [3.63, 3.8) is 0 Å². The standard InChI is InChI=1S/C23H33P/c1-6-8-13-20-14-11-17-23(21(20)15-9-7-2)24(5)22-16-10-12-18(3)19(22)4/h10-12,14,16-17H,6-9,13,15H2,1-5H3. The van der Waals surface area contributed by atoms with E-state index in [4.69, 9.17) is 0 Å². The number of aryl methyl sites for hydroxylation is 2. The smallest absolute Gasteiger partial charge is 0.0163 e. The van der Waals surface area contributed by atoms with Gasteiger partial charge in [0.05, 0.1) is 0 Å². The molecule has 0 saturated carbocycles. The SMILES string of the molecule is CCCCc1cccc(P(C)c2cccc(C)c2C)c1CCCC. The van der Waals surface area contributed by atoms with Gasteiger partial charge in [0.1, 0.15) is 0 Å². The van der Waals surface area contributed by atoms with Gasteiger partial charge in [0.25, 0.3) is 0 Å². The summed E-state index contributed by atoms with van der Waals surface area (Å²) in [6.07, 6.45) is 7.62. The number of unbranched alkanes of at least 4 members (excludes halogenated alkanes) is 2. The zero-order valence-electron chi connectivity index (χ0n) is 16.2. The Hall–Kier alpha value is -1.13. The molecular weight excluding hydrogens is 307 g/mol. The van der Waals surface area contributed by atoms with Gasteiger partial charge in [-0.05, 0) is 87.0 Å². The molecule has 1 unspecified atom stereocenters. The van der Waals surface area contributed by atoms with Crippen LogP contribution in [0.3, 0.4) is 0 Å². The molecule has 0 heterocycles. The molecule has 0 amide bonds. The van der Waals surface area contributed by atoms with E-state index in [0.29, 0.717) is 0 Å². The van der Waals surface area contributed by atoms with E-state index in [9.17, 15) is 0 Å². The summed E-state index contributed by atoms with van der Waals surface area (Å²) in [7, 11) is -0.276. The van der Waals surface area contributed by atoms with Crippen LogP contribution in [-0.4, -0.2) is 6.66 Å². The minimum atomic E-state index is -0.276. The second-order valence-corrected chi connectivity index (χ2v) is 8.98. The summed E-state index contributed by atoms with van der Waals surface area (Å²) in [6, 6.07) is 13.9. The highest BCUT2D eigenvalue weighted by Crippen LogP contribution is 2.34. The molecule has 0 nitrogen and oxygen atoms in total. The lowest BCUT2D eigenvalue weighted by Gasteiger charge is -2.22. The van der Waals surface area contributed by atoms with Gasteiger partial charge in [-0.25, -0.2) is 0 Å². The summed E-state index contributed by atoms with van der Waals surface area (Å²) in [6.45, 7) is 11.6. The first-order chi connectivity index (χ1) is 11.6. The van der Waals surface area contributed by atoms with Crippen molar-refractivity contribution in [1.82, 2.24) is 0 Å². The third-order valence-corrected chi connectivity index (χ3v) is 7.48. The molecule has 2 aromatic carbocycles. The normalized spacial score (nSPS) is 12.4. The van der Waals surface area contributed by atoms with E-state index in [1.54, 1.807) is 21.7 Å². The molecule has 2 rings (SSSR count). The first kappa shape index (κ1) is 19.2. The number of hydrogen-bond acceptors (Lipinski definition) is 0. The van der Waals surface area contributed by atoms with Gasteiger partial charge in [0.15, 0.2) is 0 Å². The Morgan fingerprint density at radius 1 is 0.792 bits per heavy atom. The topological polar surface area (TPSA) is 0 Å².